The molecule has 0 aliphatic heterocycles. The second kappa shape index (κ2) is 9.50. The van der Waals surface area contributed by atoms with Crippen molar-refractivity contribution in [3.8, 4) is 5.88 Å². The lowest BCUT2D eigenvalue weighted by Crippen LogP contribution is -2.40. The molecule has 0 spiro atoms. The molecule has 6 nitrogen and oxygen atoms in total. The fourth-order valence-corrected chi connectivity index (χ4v) is 3.03. The van der Waals surface area contributed by atoms with E-state index in [4.69, 9.17) is 9.47 Å². The molecule has 1 saturated carbocycles. The predicted molar refractivity (Wildman–Crippen MR) is 107 cm³/mol. The molecule has 1 aliphatic rings. The van der Waals surface area contributed by atoms with E-state index in [1.807, 2.05) is 18.2 Å². The summed E-state index contributed by atoms with van der Waals surface area (Å²) in [6.45, 7) is 2.33. The van der Waals surface area contributed by atoms with Crippen molar-refractivity contribution in [2.24, 2.45) is 4.99 Å². The van der Waals surface area contributed by atoms with Gasteiger partial charge in [0.05, 0.1) is 6.61 Å². The number of pyridine rings is 1. The summed E-state index contributed by atoms with van der Waals surface area (Å²) in [6, 6.07) is 10.7. The Kier molecular flexibility index (Phi) is 6.81. The summed E-state index contributed by atoms with van der Waals surface area (Å²) in [5.74, 6) is 1.10. The van der Waals surface area contributed by atoms with Gasteiger partial charge in [-0.15, -0.1) is 0 Å². The van der Waals surface area contributed by atoms with E-state index in [0.29, 0.717) is 31.6 Å². The van der Waals surface area contributed by atoms with E-state index in [1.54, 1.807) is 32.5 Å². The van der Waals surface area contributed by atoms with Crippen LogP contribution in [0.5, 0.6) is 5.88 Å². The first kappa shape index (κ1) is 20.1. The summed E-state index contributed by atoms with van der Waals surface area (Å²) in [4.78, 5) is 8.56. The van der Waals surface area contributed by atoms with Crippen LogP contribution in [-0.4, -0.2) is 44.9 Å². The fourth-order valence-electron chi connectivity index (χ4n) is 3.03. The molecular weight excluding hydrogens is 359 g/mol. The third-order valence-electron chi connectivity index (χ3n) is 4.90. The van der Waals surface area contributed by atoms with Gasteiger partial charge in [-0.3, -0.25) is 4.99 Å². The van der Waals surface area contributed by atoms with E-state index in [2.05, 4.69) is 20.6 Å². The zero-order valence-electron chi connectivity index (χ0n) is 16.4. The van der Waals surface area contributed by atoms with Gasteiger partial charge in [0.15, 0.2) is 5.96 Å². The van der Waals surface area contributed by atoms with Crippen LogP contribution in [-0.2, 0) is 16.7 Å². The quantitative estimate of drug-likeness (QED) is 0.394. The second-order valence-electron chi connectivity index (χ2n) is 6.92. The molecule has 0 saturated heterocycles. The molecule has 7 heteroatoms. The number of nitrogens with one attached hydrogen (secondary N) is 2. The molecule has 2 N–H and O–H groups in total. The van der Waals surface area contributed by atoms with Gasteiger partial charge >= 0.3 is 0 Å². The van der Waals surface area contributed by atoms with E-state index in [1.165, 1.54) is 6.07 Å². The zero-order chi connectivity index (χ0) is 19.8. The Bertz CT molecular complexity index is 791. The normalized spacial score (nSPS) is 15.2. The Balaban J connectivity index is 1.47. The summed E-state index contributed by atoms with van der Waals surface area (Å²) >= 11 is 0. The molecule has 150 valence electrons. The highest BCUT2D eigenvalue weighted by Crippen LogP contribution is 2.47. The van der Waals surface area contributed by atoms with Crippen LogP contribution in [0, 0.1) is 5.82 Å². The Morgan fingerprint density at radius 2 is 2.07 bits per heavy atom. The largest absolute Gasteiger partial charge is 0.475 e. The van der Waals surface area contributed by atoms with Gasteiger partial charge in [-0.2, -0.15) is 0 Å². The zero-order valence-corrected chi connectivity index (χ0v) is 16.4. The van der Waals surface area contributed by atoms with E-state index in [0.717, 1.165) is 30.5 Å². The van der Waals surface area contributed by atoms with Gasteiger partial charge < -0.3 is 20.1 Å². The SMILES string of the molecule is CN=C(NCc1ccc(OCCOC)nc1)NCC1(c2cccc(F)c2)CC1. The molecule has 1 heterocycles. The van der Waals surface area contributed by atoms with Crippen LogP contribution in [0.4, 0.5) is 4.39 Å². The second-order valence-corrected chi connectivity index (χ2v) is 6.92. The van der Waals surface area contributed by atoms with Crippen LogP contribution in [0.1, 0.15) is 24.0 Å². The van der Waals surface area contributed by atoms with Gasteiger partial charge in [-0.05, 0) is 36.1 Å². The van der Waals surface area contributed by atoms with Crippen molar-refractivity contribution in [2.75, 3.05) is 33.9 Å². The molecule has 0 atom stereocenters. The van der Waals surface area contributed by atoms with Crippen LogP contribution in [0.15, 0.2) is 47.6 Å². The molecule has 1 fully saturated rings. The van der Waals surface area contributed by atoms with Crippen molar-refractivity contribution < 1.29 is 13.9 Å². The summed E-state index contributed by atoms with van der Waals surface area (Å²) in [7, 11) is 3.37. The molecule has 1 aliphatic carbocycles. The van der Waals surface area contributed by atoms with Crippen molar-refractivity contribution in [1.82, 2.24) is 15.6 Å². The molecule has 0 unspecified atom stereocenters. The molecule has 1 aromatic heterocycles. The maximum Gasteiger partial charge on any atom is 0.213 e. The van der Waals surface area contributed by atoms with Crippen molar-refractivity contribution in [2.45, 2.75) is 24.8 Å². The number of aromatic nitrogens is 1. The highest BCUT2D eigenvalue weighted by atomic mass is 19.1. The summed E-state index contributed by atoms with van der Waals surface area (Å²) in [6.07, 6.45) is 3.88. The Hall–Kier alpha value is -2.67. The van der Waals surface area contributed by atoms with Crippen LogP contribution in [0.2, 0.25) is 0 Å². The molecular formula is C21H27FN4O2. The standard InChI is InChI=1S/C21H27FN4O2/c1-23-20(25-14-16-6-7-19(24-13-16)28-11-10-27-2)26-15-21(8-9-21)17-4-3-5-18(22)12-17/h3-7,12-13H,8-11,14-15H2,1-2H3,(H2,23,25,26). The average Bonchev–Trinajstić information content (AvgIpc) is 3.51. The van der Waals surface area contributed by atoms with Crippen LogP contribution >= 0.6 is 0 Å². The number of ether oxygens (including phenoxy) is 2. The van der Waals surface area contributed by atoms with E-state index < -0.39 is 0 Å². The predicted octanol–water partition coefficient (Wildman–Crippen LogP) is 2.64. The number of hydrogen-bond donors (Lipinski definition) is 2. The minimum absolute atomic E-state index is 0.00245. The minimum atomic E-state index is -0.187. The van der Waals surface area contributed by atoms with Gasteiger partial charge in [0.1, 0.15) is 12.4 Å². The average molecular weight is 386 g/mol. The van der Waals surface area contributed by atoms with E-state index >= 15 is 0 Å². The van der Waals surface area contributed by atoms with Crippen molar-refractivity contribution in [3.63, 3.8) is 0 Å². The lowest BCUT2D eigenvalue weighted by atomic mass is 9.96. The Morgan fingerprint density at radius 3 is 2.71 bits per heavy atom. The first-order valence-corrected chi connectivity index (χ1v) is 9.42. The topological polar surface area (TPSA) is 67.8 Å². The van der Waals surface area contributed by atoms with Gasteiger partial charge in [-0.1, -0.05) is 18.2 Å². The monoisotopic (exact) mass is 386 g/mol. The van der Waals surface area contributed by atoms with Crippen molar-refractivity contribution in [1.29, 1.82) is 0 Å². The van der Waals surface area contributed by atoms with Crippen molar-refractivity contribution in [3.05, 3.63) is 59.5 Å². The number of nitrogens with zero attached hydrogens (tertiary/aromatic N) is 2. The smallest absolute Gasteiger partial charge is 0.213 e. The van der Waals surface area contributed by atoms with Crippen LogP contribution in [0.3, 0.4) is 0 Å². The summed E-state index contributed by atoms with van der Waals surface area (Å²) < 4.78 is 23.9. The van der Waals surface area contributed by atoms with Gasteiger partial charge in [0.2, 0.25) is 5.88 Å². The third kappa shape index (κ3) is 5.42. The van der Waals surface area contributed by atoms with Crippen LogP contribution < -0.4 is 15.4 Å². The fraction of sp³-hybridized carbons (Fsp3) is 0.429. The van der Waals surface area contributed by atoms with Crippen molar-refractivity contribution >= 4 is 5.96 Å². The summed E-state index contributed by atoms with van der Waals surface area (Å²) in [5.41, 5.74) is 2.07. The molecule has 3 rings (SSSR count). The molecule has 0 bridgehead atoms. The van der Waals surface area contributed by atoms with E-state index in [-0.39, 0.29) is 11.2 Å². The Morgan fingerprint density at radius 1 is 1.21 bits per heavy atom. The number of hydrogen-bond acceptors (Lipinski definition) is 4. The third-order valence-corrected chi connectivity index (χ3v) is 4.90. The first-order valence-electron chi connectivity index (χ1n) is 9.42. The van der Waals surface area contributed by atoms with E-state index in [9.17, 15) is 4.39 Å². The maximum absolute atomic E-state index is 13.5. The first-order chi connectivity index (χ1) is 13.6. The lowest BCUT2D eigenvalue weighted by Gasteiger charge is -2.19. The number of guanidine groups is 1. The molecule has 2 aromatic rings. The number of halogens is 1. The van der Waals surface area contributed by atoms with Gasteiger partial charge in [-0.25, -0.2) is 9.37 Å². The minimum Gasteiger partial charge on any atom is -0.475 e. The van der Waals surface area contributed by atoms with Crippen LogP contribution in [0.25, 0.3) is 0 Å². The molecule has 28 heavy (non-hydrogen) atoms. The molecule has 0 radical (unpaired) electrons. The van der Waals surface area contributed by atoms with Gasteiger partial charge in [0.25, 0.3) is 0 Å². The molecule has 0 amide bonds. The Labute approximate surface area is 165 Å². The maximum atomic E-state index is 13.5. The van der Waals surface area contributed by atoms with Gasteiger partial charge in [0, 0.05) is 44.9 Å². The highest BCUT2D eigenvalue weighted by Gasteiger charge is 2.44. The summed E-state index contributed by atoms with van der Waals surface area (Å²) in [5, 5.41) is 6.65. The number of aliphatic imine (C=N–C) groups is 1. The highest BCUT2D eigenvalue weighted by molar-refractivity contribution is 5.79. The molecule has 1 aromatic carbocycles. The lowest BCUT2D eigenvalue weighted by molar-refractivity contribution is 0.143. The number of methoxy groups -OCH3 is 1. The number of benzene rings is 1. The number of rotatable bonds is 9.